The molecule has 0 aromatic heterocycles. The third-order valence-electron chi connectivity index (χ3n) is 2.79. The summed E-state index contributed by atoms with van der Waals surface area (Å²) in [5.41, 5.74) is 1.07. The molecule has 2 aromatic rings. The molecule has 0 atom stereocenters. The first-order valence-corrected chi connectivity index (χ1v) is 8.14. The highest BCUT2D eigenvalue weighted by molar-refractivity contribution is 9.10. The van der Waals surface area contributed by atoms with Crippen molar-refractivity contribution >= 4 is 39.1 Å². The van der Waals surface area contributed by atoms with Crippen LogP contribution in [0.5, 0.6) is 11.5 Å². The van der Waals surface area contributed by atoms with Gasteiger partial charge in [0.15, 0.2) is 0 Å². The van der Waals surface area contributed by atoms with Crippen LogP contribution in [0.3, 0.4) is 0 Å². The van der Waals surface area contributed by atoms with Crippen molar-refractivity contribution in [3.8, 4) is 11.5 Å². The van der Waals surface area contributed by atoms with E-state index in [0.717, 1.165) is 22.3 Å². The van der Waals surface area contributed by atoms with E-state index >= 15 is 0 Å². The maximum atomic E-state index is 6.00. The maximum absolute atomic E-state index is 6.00. The number of rotatable bonds is 5. The smallest absolute Gasteiger partial charge is 0.133 e. The third-order valence-corrected chi connectivity index (χ3v) is 3.72. The number of ether oxygens (including phenoxy) is 1. The molecule has 0 aliphatic carbocycles. The topological polar surface area (TPSA) is 21.3 Å². The molecular weight excluding hydrogens is 373 g/mol. The molecule has 2 rings (SSSR count). The van der Waals surface area contributed by atoms with Gasteiger partial charge in [-0.3, -0.25) is 0 Å². The number of nitrogens with one attached hydrogen (secondary N) is 1. The first kappa shape index (κ1) is 16.6. The van der Waals surface area contributed by atoms with Crippen LogP contribution < -0.4 is 10.1 Å². The quantitative estimate of drug-likeness (QED) is 0.673. The zero-order valence-corrected chi connectivity index (χ0v) is 14.9. The zero-order chi connectivity index (χ0) is 15.4. The monoisotopic (exact) mass is 387 g/mol. The van der Waals surface area contributed by atoms with Gasteiger partial charge in [0.05, 0.1) is 0 Å². The van der Waals surface area contributed by atoms with Gasteiger partial charge in [0.1, 0.15) is 11.5 Å². The molecule has 0 spiro atoms. The van der Waals surface area contributed by atoms with E-state index in [2.05, 4.69) is 35.1 Å². The highest BCUT2D eigenvalue weighted by Crippen LogP contribution is 2.32. The van der Waals surface area contributed by atoms with E-state index in [1.807, 2.05) is 18.2 Å². The largest absolute Gasteiger partial charge is 0.457 e. The van der Waals surface area contributed by atoms with Crippen molar-refractivity contribution < 1.29 is 4.74 Å². The van der Waals surface area contributed by atoms with Crippen LogP contribution in [0.4, 0.5) is 0 Å². The van der Waals surface area contributed by atoms with Crippen LogP contribution in [-0.4, -0.2) is 6.04 Å². The molecule has 1 N–H and O–H groups in total. The van der Waals surface area contributed by atoms with E-state index in [1.54, 1.807) is 18.2 Å². The highest BCUT2D eigenvalue weighted by Gasteiger charge is 2.08. The van der Waals surface area contributed by atoms with Crippen LogP contribution in [0.1, 0.15) is 19.4 Å². The fraction of sp³-hybridized carbons (Fsp3) is 0.250. The van der Waals surface area contributed by atoms with Crippen LogP contribution in [0.15, 0.2) is 40.9 Å². The standard InChI is InChI=1S/C16H16BrCl2NO/c1-10(2)20-9-11-3-4-12(17)5-16(11)21-15-7-13(18)6-14(19)8-15/h3-8,10,20H,9H2,1-2H3. The molecule has 0 saturated heterocycles. The molecule has 0 radical (unpaired) electrons. The Morgan fingerprint density at radius 3 is 2.38 bits per heavy atom. The molecule has 0 unspecified atom stereocenters. The molecule has 0 amide bonds. The van der Waals surface area contributed by atoms with E-state index in [0.29, 0.717) is 21.8 Å². The third kappa shape index (κ3) is 5.19. The fourth-order valence-electron chi connectivity index (χ4n) is 1.80. The van der Waals surface area contributed by atoms with Crippen molar-refractivity contribution in [1.82, 2.24) is 5.32 Å². The fourth-order valence-corrected chi connectivity index (χ4v) is 2.64. The Morgan fingerprint density at radius 1 is 1.10 bits per heavy atom. The van der Waals surface area contributed by atoms with Gasteiger partial charge in [-0.2, -0.15) is 0 Å². The van der Waals surface area contributed by atoms with Crippen LogP contribution in [0, 0.1) is 0 Å². The minimum Gasteiger partial charge on any atom is -0.457 e. The van der Waals surface area contributed by atoms with Gasteiger partial charge < -0.3 is 10.1 Å². The van der Waals surface area contributed by atoms with E-state index in [9.17, 15) is 0 Å². The normalized spacial score (nSPS) is 11.0. The molecule has 0 aliphatic heterocycles. The Hall–Kier alpha value is -0.740. The van der Waals surface area contributed by atoms with Gasteiger partial charge in [0, 0.05) is 32.7 Å². The molecular formula is C16H16BrCl2NO. The Balaban J connectivity index is 2.26. The van der Waals surface area contributed by atoms with E-state index in [-0.39, 0.29) is 0 Å². The summed E-state index contributed by atoms with van der Waals surface area (Å²) < 4.78 is 6.90. The van der Waals surface area contributed by atoms with Gasteiger partial charge in [-0.15, -0.1) is 0 Å². The first-order valence-electron chi connectivity index (χ1n) is 6.60. The molecule has 0 bridgehead atoms. The number of benzene rings is 2. The lowest BCUT2D eigenvalue weighted by Crippen LogP contribution is -2.22. The summed E-state index contributed by atoms with van der Waals surface area (Å²) in [4.78, 5) is 0. The highest BCUT2D eigenvalue weighted by atomic mass is 79.9. The van der Waals surface area contributed by atoms with Crippen molar-refractivity contribution in [1.29, 1.82) is 0 Å². The molecule has 2 aromatic carbocycles. The summed E-state index contributed by atoms with van der Waals surface area (Å²) in [6, 6.07) is 11.5. The van der Waals surface area contributed by atoms with E-state index < -0.39 is 0 Å². The molecule has 0 heterocycles. The van der Waals surface area contributed by atoms with Crippen molar-refractivity contribution in [2.45, 2.75) is 26.4 Å². The molecule has 2 nitrogen and oxygen atoms in total. The average molecular weight is 389 g/mol. The number of hydrogen-bond donors (Lipinski definition) is 1. The van der Waals surface area contributed by atoms with Crippen molar-refractivity contribution in [2.75, 3.05) is 0 Å². The molecule has 21 heavy (non-hydrogen) atoms. The molecule has 5 heteroatoms. The van der Waals surface area contributed by atoms with Gasteiger partial charge in [-0.1, -0.05) is 59.0 Å². The average Bonchev–Trinajstić information content (AvgIpc) is 2.36. The molecule has 112 valence electrons. The summed E-state index contributed by atoms with van der Waals surface area (Å²) in [5.74, 6) is 1.40. The number of hydrogen-bond acceptors (Lipinski definition) is 2. The summed E-state index contributed by atoms with van der Waals surface area (Å²) in [5, 5.41) is 4.48. The summed E-state index contributed by atoms with van der Waals surface area (Å²) in [6.45, 7) is 4.95. The van der Waals surface area contributed by atoms with Crippen molar-refractivity contribution in [3.05, 3.63) is 56.5 Å². The summed E-state index contributed by atoms with van der Waals surface area (Å²) in [6.07, 6.45) is 0. The SMILES string of the molecule is CC(C)NCc1ccc(Br)cc1Oc1cc(Cl)cc(Cl)c1. The Morgan fingerprint density at radius 2 is 1.76 bits per heavy atom. The minimum atomic E-state index is 0.405. The van der Waals surface area contributed by atoms with Crippen molar-refractivity contribution in [2.24, 2.45) is 0 Å². The van der Waals surface area contributed by atoms with Crippen LogP contribution >= 0.6 is 39.1 Å². The van der Waals surface area contributed by atoms with Gasteiger partial charge in [-0.25, -0.2) is 0 Å². The van der Waals surface area contributed by atoms with Gasteiger partial charge in [0.2, 0.25) is 0 Å². The predicted octanol–water partition coefficient (Wildman–Crippen LogP) is 6.05. The molecule has 0 fully saturated rings. The second-order valence-corrected chi connectivity index (χ2v) is 6.78. The zero-order valence-electron chi connectivity index (χ0n) is 11.8. The van der Waals surface area contributed by atoms with Crippen molar-refractivity contribution in [3.63, 3.8) is 0 Å². The molecule has 0 aliphatic rings. The van der Waals surface area contributed by atoms with Gasteiger partial charge in [0.25, 0.3) is 0 Å². The van der Waals surface area contributed by atoms with Crippen LogP contribution in [-0.2, 0) is 6.54 Å². The summed E-state index contributed by atoms with van der Waals surface area (Å²) >= 11 is 15.5. The lowest BCUT2D eigenvalue weighted by atomic mass is 10.2. The van der Waals surface area contributed by atoms with Gasteiger partial charge >= 0.3 is 0 Å². The lowest BCUT2D eigenvalue weighted by Gasteiger charge is -2.14. The van der Waals surface area contributed by atoms with E-state index in [4.69, 9.17) is 27.9 Å². The minimum absolute atomic E-state index is 0.405. The molecule has 0 saturated carbocycles. The number of halogens is 3. The Bertz CT molecular complexity index is 611. The second-order valence-electron chi connectivity index (χ2n) is 4.99. The summed E-state index contributed by atoms with van der Waals surface area (Å²) in [7, 11) is 0. The predicted molar refractivity (Wildman–Crippen MR) is 92.7 cm³/mol. The Kier molecular flexibility index (Phi) is 5.94. The lowest BCUT2D eigenvalue weighted by molar-refractivity contribution is 0.469. The second kappa shape index (κ2) is 7.50. The van der Waals surface area contributed by atoms with E-state index in [1.165, 1.54) is 0 Å². The van der Waals surface area contributed by atoms with Crippen LogP contribution in [0.25, 0.3) is 0 Å². The first-order chi connectivity index (χ1) is 9.94. The Labute approximate surface area is 143 Å². The van der Waals surface area contributed by atoms with Gasteiger partial charge in [-0.05, 0) is 30.3 Å². The maximum Gasteiger partial charge on any atom is 0.133 e. The van der Waals surface area contributed by atoms with Crippen LogP contribution in [0.2, 0.25) is 10.0 Å².